The van der Waals surface area contributed by atoms with Gasteiger partial charge in [0.25, 0.3) is 0 Å². The zero-order valence-electron chi connectivity index (χ0n) is 10.8. The Balaban J connectivity index is 2.19. The molecule has 0 unspecified atom stereocenters. The highest BCUT2D eigenvalue weighted by Crippen LogP contribution is 2.19. The summed E-state index contributed by atoms with van der Waals surface area (Å²) in [6.07, 6.45) is 4.11. The second-order valence-corrected chi connectivity index (χ2v) is 3.61. The van der Waals surface area contributed by atoms with Gasteiger partial charge >= 0.3 is 12.0 Å². The fraction of sp³-hybridized carbons (Fsp3) is 0.333. The molecule has 19 heavy (non-hydrogen) atoms. The molecule has 2 rings (SSSR count). The van der Waals surface area contributed by atoms with E-state index in [0.29, 0.717) is 18.3 Å². The molecule has 0 aliphatic heterocycles. The van der Waals surface area contributed by atoms with Gasteiger partial charge in [0.15, 0.2) is 0 Å². The second-order valence-electron chi connectivity index (χ2n) is 3.61. The molecule has 0 atom stereocenters. The molecule has 2 aromatic rings. The zero-order valence-corrected chi connectivity index (χ0v) is 10.8. The van der Waals surface area contributed by atoms with Crippen molar-refractivity contribution in [3.63, 3.8) is 0 Å². The van der Waals surface area contributed by atoms with E-state index in [1.807, 2.05) is 6.92 Å². The largest absolute Gasteiger partial charge is 0.463 e. The molecule has 0 aliphatic rings. The predicted octanol–water partition coefficient (Wildman–Crippen LogP) is 1.89. The molecule has 7 heteroatoms. The Morgan fingerprint density at radius 3 is 2.74 bits per heavy atom. The van der Waals surface area contributed by atoms with Gasteiger partial charge in [0.05, 0.1) is 12.8 Å². The molecule has 0 saturated heterocycles. The van der Waals surface area contributed by atoms with Crippen molar-refractivity contribution in [2.75, 3.05) is 19.0 Å². The van der Waals surface area contributed by atoms with E-state index in [0.717, 1.165) is 6.42 Å². The summed E-state index contributed by atoms with van der Waals surface area (Å²) >= 11 is 0. The van der Waals surface area contributed by atoms with Crippen LogP contribution in [0, 0.1) is 0 Å². The van der Waals surface area contributed by atoms with E-state index >= 15 is 0 Å². The van der Waals surface area contributed by atoms with Gasteiger partial charge in [-0.2, -0.15) is 9.97 Å². The molecule has 2 heterocycles. The third-order valence-corrected chi connectivity index (χ3v) is 2.10. The van der Waals surface area contributed by atoms with Crippen molar-refractivity contribution in [2.45, 2.75) is 13.3 Å². The maximum atomic E-state index is 5.50. The minimum Gasteiger partial charge on any atom is -0.463 e. The Morgan fingerprint density at radius 1 is 1.21 bits per heavy atom. The number of pyridine rings is 1. The van der Waals surface area contributed by atoms with Crippen LogP contribution in [0.2, 0.25) is 0 Å². The van der Waals surface area contributed by atoms with Crippen molar-refractivity contribution >= 4 is 5.95 Å². The minimum atomic E-state index is 0.165. The summed E-state index contributed by atoms with van der Waals surface area (Å²) in [5.41, 5.74) is 0. The molecule has 1 N–H and O–H groups in total. The minimum absolute atomic E-state index is 0.165. The lowest BCUT2D eigenvalue weighted by molar-refractivity contribution is 0.285. The van der Waals surface area contributed by atoms with Gasteiger partial charge in [0.2, 0.25) is 5.95 Å². The summed E-state index contributed by atoms with van der Waals surface area (Å²) in [4.78, 5) is 16.2. The second kappa shape index (κ2) is 6.48. The first kappa shape index (κ1) is 13.0. The first-order valence-electron chi connectivity index (χ1n) is 5.96. The van der Waals surface area contributed by atoms with E-state index in [9.17, 15) is 0 Å². The molecule has 7 nitrogen and oxygen atoms in total. The summed E-state index contributed by atoms with van der Waals surface area (Å²) < 4.78 is 10.9. The fourth-order valence-electron chi connectivity index (χ4n) is 1.27. The lowest BCUT2D eigenvalue weighted by atomic mass is 10.5. The number of nitrogens with one attached hydrogen (secondary N) is 1. The van der Waals surface area contributed by atoms with Crippen LogP contribution in [0.1, 0.15) is 13.3 Å². The van der Waals surface area contributed by atoms with Gasteiger partial charge in [-0.1, -0.05) is 6.92 Å². The molecule has 0 spiro atoms. The van der Waals surface area contributed by atoms with Crippen LogP contribution in [-0.4, -0.2) is 33.6 Å². The monoisotopic (exact) mass is 261 g/mol. The van der Waals surface area contributed by atoms with E-state index in [4.69, 9.17) is 9.47 Å². The Labute approximate surface area is 111 Å². The van der Waals surface area contributed by atoms with E-state index in [2.05, 4.69) is 25.3 Å². The number of anilines is 1. The van der Waals surface area contributed by atoms with E-state index in [1.165, 1.54) is 0 Å². The van der Waals surface area contributed by atoms with Gasteiger partial charge < -0.3 is 14.8 Å². The van der Waals surface area contributed by atoms with Crippen molar-refractivity contribution in [3.8, 4) is 17.8 Å². The maximum Gasteiger partial charge on any atom is 0.330 e. The molecule has 0 saturated carbocycles. The number of nitrogens with zero attached hydrogens (tertiary/aromatic N) is 4. The van der Waals surface area contributed by atoms with Crippen LogP contribution in [0.15, 0.2) is 24.5 Å². The van der Waals surface area contributed by atoms with Gasteiger partial charge in [-0.05, 0) is 18.6 Å². The molecule has 0 aliphatic carbocycles. The Hall–Kier alpha value is -2.44. The van der Waals surface area contributed by atoms with Crippen molar-refractivity contribution in [2.24, 2.45) is 0 Å². The van der Waals surface area contributed by atoms with Gasteiger partial charge in [-0.15, -0.1) is 4.98 Å². The SMILES string of the molecule is CCCOc1nc(NC)nc(Oc2cccnc2)n1. The number of rotatable bonds is 6. The molecular formula is C12H15N5O2. The number of hydrogen-bond donors (Lipinski definition) is 1. The number of aromatic nitrogens is 4. The first-order valence-corrected chi connectivity index (χ1v) is 5.96. The summed E-state index contributed by atoms with van der Waals surface area (Å²) in [7, 11) is 1.72. The molecule has 0 radical (unpaired) electrons. The van der Waals surface area contributed by atoms with Crippen LogP contribution in [0.4, 0.5) is 5.95 Å². The Bertz CT molecular complexity index is 521. The van der Waals surface area contributed by atoms with Crippen LogP contribution in [0.25, 0.3) is 0 Å². The van der Waals surface area contributed by atoms with Gasteiger partial charge in [0.1, 0.15) is 5.75 Å². The summed E-state index contributed by atoms with van der Waals surface area (Å²) in [6, 6.07) is 3.94. The Kier molecular flexibility index (Phi) is 4.44. The highest BCUT2D eigenvalue weighted by molar-refractivity contribution is 5.28. The van der Waals surface area contributed by atoms with Gasteiger partial charge in [-0.3, -0.25) is 4.98 Å². The highest BCUT2D eigenvalue weighted by Gasteiger charge is 2.08. The first-order chi connectivity index (χ1) is 9.31. The number of ether oxygens (including phenoxy) is 2. The molecule has 0 amide bonds. The summed E-state index contributed by atoms with van der Waals surface area (Å²) in [5.74, 6) is 0.942. The topological polar surface area (TPSA) is 82.0 Å². The van der Waals surface area contributed by atoms with Crippen LogP contribution in [-0.2, 0) is 0 Å². The average molecular weight is 261 g/mol. The predicted molar refractivity (Wildman–Crippen MR) is 69.5 cm³/mol. The fourth-order valence-corrected chi connectivity index (χ4v) is 1.27. The molecule has 0 aromatic carbocycles. The lowest BCUT2D eigenvalue weighted by Crippen LogP contribution is -2.06. The third-order valence-electron chi connectivity index (χ3n) is 2.10. The molecule has 0 bridgehead atoms. The average Bonchev–Trinajstić information content (AvgIpc) is 2.46. The van der Waals surface area contributed by atoms with Gasteiger partial charge in [0, 0.05) is 13.2 Å². The third kappa shape index (κ3) is 3.77. The number of hydrogen-bond acceptors (Lipinski definition) is 7. The van der Waals surface area contributed by atoms with Crippen LogP contribution < -0.4 is 14.8 Å². The normalized spacial score (nSPS) is 10.0. The van der Waals surface area contributed by atoms with Crippen LogP contribution in [0.5, 0.6) is 17.8 Å². The summed E-state index contributed by atoms with van der Waals surface area (Å²) in [6.45, 7) is 2.55. The highest BCUT2D eigenvalue weighted by atomic mass is 16.5. The zero-order chi connectivity index (χ0) is 13.5. The molecule has 100 valence electrons. The van der Waals surface area contributed by atoms with Gasteiger partial charge in [-0.25, -0.2) is 0 Å². The van der Waals surface area contributed by atoms with E-state index in [-0.39, 0.29) is 12.0 Å². The molecule has 0 fully saturated rings. The smallest absolute Gasteiger partial charge is 0.330 e. The van der Waals surface area contributed by atoms with Crippen LogP contribution >= 0.6 is 0 Å². The molecular weight excluding hydrogens is 246 g/mol. The Morgan fingerprint density at radius 2 is 2.05 bits per heavy atom. The van der Waals surface area contributed by atoms with Crippen molar-refractivity contribution in [1.29, 1.82) is 0 Å². The molecule has 2 aromatic heterocycles. The van der Waals surface area contributed by atoms with Crippen molar-refractivity contribution < 1.29 is 9.47 Å². The standard InChI is InChI=1S/C12H15N5O2/c1-3-7-18-11-15-10(13-2)16-12(17-11)19-9-5-4-6-14-8-9/h4-6,8H,3,7H2,1-2H3,(H,13,15,16,17). The van der Waals surface area contributed by atoms with Crippen molar-refractivity contribution in [1.82, 2.24) is 19.9 Å². The van der Waals surface area contributed by atoms with E-state index in [1.54, 1.807) is 31.6 Å². The van der Waals surface area contributed by atoms with Crippen LogP contribution in [0.3, 0.4) is 0 Å². The van der Waals surface area contributed by atoms with Crippen molar-refractivity contribution in [3.05, 3.63) is 24.5 Å². The maximum absolute atomic E-state index is 5.50. The lowest BCUT2D eigenvalue weighted by Gasteiger charge is -2.07. The summed E-state index contributed by atoms with van der Waals surface area (Å²) in [5, 5.41) is 2.83. The quantitative estimate of drug-likeness (QED) is 0.850. The van der Waals surface area contributed by atoms with E-state index < -0.39 is 0 Å².